The first-order valence-electron chi connectivity index (χ1n) is 8.90. The van der Waals surface area contributed by atoms with Gasteiger partial charge in [-0.15, -0.1) is 5.10 Å². The Kier molecular flexibility index (Phi) is 4.31. The summed E-state index contributed by atoms with van der Waals surface area (Å²) in [5.41, 5.74) is 13.4. The number of rotatable bonds is 4. The van der Waals surface area contributed by atoms with E-state index in [0.29, 0.717) is 6.54 Å². The molecule has 0 spiro atoms. The van der Waals surface area contributed by atoms with Crippen molar-refractivity contribution in [1.82, 2.24) is 20.3 Å². The van der Waals surface area contributed by atoms with Gasteiger partial charge in [0.1, 0.15) is 5.69 Å². The highest BCUT2D eigenvalue weighted by Gasteiger charge is 2.28. The van der Waals surface area contributed by atoms with Crippen LogP contribution in [0.3, 0.4) is 0 Å². The normalized spacial score (nSPS) is 15.2. The summed E-state index contributed by atoms with van der Waals surface area (Å²) in [4.78, 5) is 0. The highest BCUT2D eigenvalue weighted by molar-refractivity contribution is 5.82. The van der Waals surface area contributed by atoms with Gasteiger partial charge >= 0.3 is 0 Å². The van der Waals surface area contributed by atoms with Gasteiger partial charge in [0.2, 0.25) is 0 Å². The van der Waals surface area contributed by atoms with Gasteiger partial charge in [-0.1, -0.05) is 60.3 Å². The van der Waals surface area contributed by atoms with Gasteiger partial charge in [0.15, 0.2) is 0 Å². The van der Waals surface area contributed by atoms with Gasteiger partial charge in [-0.25, -0.2) is 4.68 Å². The molecule has 0 saturated carbocycles. The van der Waals surface area contributed by atoms with Crippen LogP contribution in [0.25, 0.3) is 22.5 Å². The highest BCUT2D eigenvalue weighted by Crippen LogP contribution is 2.42. The number of hydrogen-bond acceptors (Lipinski definition) is 4. The molecule has 0 aliphatic heterocycles. The molecule has 1 aliphatic rings. The average Bonchev–Trinajstić information content (AvgIpc) is 3.04. The lowest BCUT2D eigenvalue weighted by Gasteiger charge is -2.27. The zero-order chi connectivity index (χ0) is 18.1. The van der Waals surface area contributed by atoms with Gasteiger partial charge in [-0.05, 0) is 17.5 Å². The summed E-state index contributed by atoms with van der Waals surface area (Å²) in [5, 5.41) is 12.2. The van der Waals surface area contributed by atoms with E-state index in [-0.39, 0.29) is 5.92 Å². The van der Waals surface area contributed by atoms with Gasteiger partial charge in [0.05, 0.1) is 5.69 Å². The van der Waals surface area contributed by atoms with E-state index in [1.807, 2.05) is 11.7 Å². The van der Waals surface area contributed by atoms with E-state index in [0.717, 1.165) is 35.6 Å². The van der Waals surface area contributed by atoms with E-state index < -0.39 is 0 Å². The van der Waals surface area contributed by atoms with Crippen LogP contribution in [0.1, 0.15) is 17.0 Å². The lowest BCUT2D eigenvalue weighted by atomic mass is 9.81. The maximum absolute atomic E-state index is 5.67. The minimum Gasteiger partial charge on any atom is -0.387 e. The molecular weight excluding hydrogens is 322 g/mol. The lowest BCUT2D eigenvalue weighted by molar-refractivity contribution is 0.678. The molecule has 0 bridgehead atoms. The molecule has 132 valence electrons. The van der Waals surface area contributed by atoms with Crippen LogP contribution in [-0.4, -0.2) is 28.1 Å². The summed E-state index contributed by atoms with van der Waals surface area (Å²) in [6.45, 7) is 5.61. The number of fused-ring (bicyclic) bond motifs is 5. The number of benzene rings is 2. The number of nitrogens with two attached hydrogens (primary N) is 1. The van der Waals surface area contributed by atoms with Crippen LogP contribution in [0.15, 0.2) is 60.8 Å². The number of aryl methyl sites for hydroxylation is 1. The summed E-state index contributed by atoms with van der Waals surface area (Å²) in [7, 11) is 1.95. The Morgan fingerprint density at radius 1 is 1.19 bits per heavy atom. The fraction of sp³-hybridized carbons (Fsp3) is 0.238. The first-order chi connectivity index (χ1) is 12.7. The van der Waals surface area contributed by atoms with E-state index in [2.05, 4.69) is 70.7 Å². The SMILES string of the molecule is C=C(NCCN)C1Cc2ccccc2-c2c(nnn2C)-c2ccccc21. The van der Waals surface area contributed by atoms with Crippen molar-refractivity contribution in [3.05, 3.63) is 71.9 Å². The number of nitrogens with zero attached hydrogens (tertiary/aromatic N) is 3. The van der Waals surface area contributed by atoms with Gasteiger partial charge < -0.3 is 11.1 Å². The first kappa shape index (κ1) is 16.5. The molecule has 0 radical (unpaired) electrons. The summed E-state index contributed by atoms with van der Waals surface area (Å²) < 4.78 is 1.87. The Hall–Kier alpha value is -2.92. The zero-order valence-electron chi connectivity index (χ0n) is 14.9. The van der Waals surface area contributed by atoms with Crippen molar-refractivity contribution in [3.63, 3.8) is 0 Å². The number of allylic oxidation sites excluding steroid dienone is 1. The van der Waals surface area contributed by atoms with Crippen molar-refractivity contribution in [2.24, 2.45) is 12.8 Å². The standard InChI is InChI=1S/C21H23N5/c1-14(23-12-11-22)19-13-15-7-3-4-8-16(15)21-20(24-25-26(21)2)18-10-6-5-9-17(18)19/h3-10,19,23H,1,11-13,22H2,2H3. The van der Waals surface area contributed by atoms with Gasteiger partial charge in [-0.2, -0.15) is 0 Å². The largest absolute Gasteiger partial charge is 0.387 e. The van der Waals surface area contributed by atoms with Gasteiger partial charge in [0, 0.05) is 42.9 Å². The van der Waals surface area contributed by atoms with Crippen LogP contribution in [0.4, 0.5) is 0 Å². The lowest BCUT2D eigenvalue weighted by Crippen LogP contribution is -2.26. The van der Waals surface area contributed by atoms with Crippen molar-refractivity contribution < 1.29 is 0 Å². The summed E-state index contributed by atoms with van der Waals surface area (Å²) in [5.74, 6) is 0.147. The smallest absolute Gasteiger partial charge is 0.121 e. The molecule has 26 heavy (non-hydrogen) atoms. The fourth-order valence-electron chi connectivity index (χ4n) is 3.78. The van der Waals surface area contributed by atoms with Crippen molar-refractivity contribution in [2.75, 3.05) is 13.1 Å². The second kappa shape index (κ2) is 6.77. The third-order valence-electron chi connectivity index (χ3n) is 5.03. The summed E-state index contributed by atoms with van der Waals surface area (Å²) in [6.07, 6.45) is 0.869. The van der Waals surface area contributed by atoms with E-state index in [1.165, 1.54) is 16.7 Å². The molecule has 1 unspecified atom stereocenters. The maximum atomic E-state index is 5.67. The minimum absolute atomic E-state index is 0.147. The van der Waals surface area contributed by atoms with Crippen molar-refractivity contribution in [3.8, 4) is 22.5 Å². The third-order valence-corrected chi connectivity index (χ3v) is 5.03. The Bertz CT molecular complexity index is 957. The first-order valence-corrected chi connectivity index (χ1v) is 8.90. The van der Waals surface area contributed by atoms with Crippen molar-refractivity contribution >= 4 is 0 Å². The number of hydrogen-bond donors (Lipinski definition) is 2. The van der Waals surface area contributed by atoms with Crippen LogP contribution in [0.5, 0.6) is 0 Å². The Morgan fingerprint density at radius 2 is 1.92 bits per heavy atom. The van der Waals surface area contributed by atoms with Gasteiger partial charge in [-0.3, -0.25) is 0 Å². The van der Waals surface area contributed by atoms with Crippen molar-refractivity contribution in [1.29, 1.82) is 0 Å². The molecule has 1 atom stereocenters. The average molecular weight is 345 g/mol. The second-order valence-electron chi connectivity index (χ2n) is 6.65. The molecule has 5 nitrogen and oxygen atoms in total. The van der Waals surface area contributed by atoms with E-state index in [4.69, 9.17) is 5.73 Å². The van der Waals surface area contributed by atoms with Gasteiger partial charge in [0.25, 0.3) is 0 Å². The Morgan fingerprint density at radius 3 is 2.73 bits per heavy atom. The molecule has 1 aromatic heterocycles. The number of nitrogens with one attached hydrogen (secondary N) is 1. The molecule has 5 heteroatoms. The molecule has 1 heterocycles. The van der Waals surface area contributed by atoms with Crippen LogP contribution in [0, 0.1) is 0 Å². The zero-order valence-corrected chi connectivity index (χ0v) is 14.9. The molecule has 0 saturated heterocycles. The predicted octanol–water partition coefficient (Wildman–Crippen LogP) is 2.85. The summed E-state index contributed by atoms with van der Waals surface area (Å²) >= 11 is 0. The maximum Gasteiger partial charge on any atom is 0.121 e. The molecule has 0 amide bonds. The second-order valence-corrected chi connectivity index (χ2v) is 6.65. The van der Waals surface area contributed by atoms with Crippen LogP contribution < -0.4 is 11.1 Å². The summed E-state index contributed by atoms with van der Waals surface area (Å²) in [6, 6.07) is 16.9. The van der Waals surface area contributed by atoms with Crippen LogP contribution in [-0.2, 0) is 13.5 Å². The van der Waals surface area contributed by atoms with Crippen LogP contribution in [0.2, 0.25) is 0 Å². The molecular formula is C21H23N5. The molecule has 2 aromatic carbocycles. The molecule has 3 aromatic rings. The van der Waals surface area contributed by atoms with Crippen molar-refractivity contribution in [2.45, 2.75) is 12.3 Å². The molecule has 4 rings (SSSR count). The fourth-order valence-corrected chi connectivity index (χ4v) is 3.78. The predicted molar refractivity (Wildman–Crippen MR) is 105 cm³/mol. The minimum atomic E-state index is 0.147. The van der Waals surface area contributed by atoms with Crippen LogP contribution >= 0.6 is 0 Å². The molecule has 0 fully saturated rings. The molecule has 1 aliphatic carbocycles. The highest BCUT2D eigenvalue weighted by atomic mass is 15.4. The molecule has 3 N–H and O–H groups in total. The quantitative estimate of drug-likeness (QED) is 0.763. The monoisotopic (exact) mass is 345 g/mol. The third kappa shape index (κ3) is 2.70. The van der Waals surface area contributed by atoms with E-state index >= 15 is 0 Å². The van der Waals surface area contributed by atoms with E-state index in [1.54, 1.807) is 0 Å². The topological polar surface area (TPSA) is 68.8 Å². The Labute approximate surface area is 153 Å². The Balaban J connectivity index is 1.95. The van der Waals surface area contributed by atoms with E-state index in [9.17, 15) is 0 Å². The number of aromatic nitrogens is 3.